The van der Waals surface area contributed by atoms with E-state index in [9.17, 15) is 0 Å². The van der Waals surface area contributed by atoms with Gasteiger partial charge in [0.2, 0.25) is 0 Å². The summed E-state index contributed by atoms with van der Waals surface area (Å²) in [7, 11) is 1.70. The van der Waals surface area contributed by atoms with Gasteiger partial charge in [-0.1, -0.05) is 12.5 Å². The second kappa shape index (κ2) is 12.1. The van der Waals surface area contributed by atoms with Crippen LogP contribution in [-0.4, -0.2) is 39.5 Å². The van der Waals surface area contributed by atoms with Gasteiger partial charge in [-0.05, 0) is 39.2 Å². The van der Waals surface area contributed by atoms with E-state index in [2.05, 4.69) is 25.7 Å². The molecule has 0 radical (unpaired) electrons. The highest BCUT2D eigenvalue weighted by atomic mass is 16.5. The Morgan fingerprint density at radius 1 is 1.24 bits per heavy atom. The van der Waals surface area contributed by atoms with Crippen LogP contribution in [0.1, 0.15) is 39.5 Å². The fourth-order valence-corrected chi connectivity index (χ4v) is 1.59. The SMILES string of the molecule is C=C(C)CCC(CCOCCOC)NCCC. The topological polar surface area (TPSA) is 30.5 Å². The third-order valence-corrected chi connectivity index (χ3v) is 2.65. The third-order valence-electron chi connectivity index (χ3n) is 2.65. The van der Waals surface area contributed by atoms with E-state index < -0.39 is 0 Å². The van der Waals surface area contributed by atoms with Crippen LogP contribution in [0.15, 0.2) is 12.2 Å². The van der Waals surface area contributed by atoms with Gasteiger partial charge < -0.3 is 14.8 Å². The van der Waals surface area contributed by atoms with Crippen LogP contribution in [0, 0.1) is 0 Å². The Morgan fingerprint density at radius 3 is 2.59 bits per heavy atom. The molecule has 0 fully saturated rings. The first kappa shape index (κ1) is 16.6. The van der Waals surface area contributed by atoms with Gasteiger partial charge in [0.1, 0.15) is 0 Å². The van der Waals surface area contributed by atoms with E-state index in [0.29, 0.717) is 19.3 Å². The first-order valence-corrected chi connectivity index (χ1v) is 6.65. The zero-order chi connectivity index (χ0) is 12.9. The van der Waals surface area contributed by atoms with Gasteiger partial charge in [0.25, 0.3) is 0 Å². The fraction of sp³-hybridized carbons (Fsp3) is 0.857. The van der Waals surface area contributed by atoms with Gasteiger partial charge in [-0.15, -0.1) is 6.58 Å². The quantitative estimate of drug-likeness (QED) is 0.422. The second-order valence-electron chi connectivity index (χ2n) is 4.54. The van der Waals surface area contributed by atoms with E-state index in [1.165, 1.54) is 12.0 Å². The standard InChI is InChI=1S/C14H29NO2/c1-5-9-15-14(7-6-13(2)3)8-10-17-12-11-16-4/h14-15H,2,5-12H2,1,3-4H3. The van der Waals surface area contributed by atoms with Crippen molar-refractivity contribution in [3.8, 4) is 0 Å². The first-order valence-electron chi connectivity index (χ1n) is 6.65. The van der Waals surface area contributed by atoms with Crippen LogP contribution in [0.5, 0.6) is 0 Å². The average molecular weight is 243 g/mol. The number of methoxy groups -OCH3 is 1. The van der Waals surface area contributed by atoms with E-state index in [1.807, 2.05) is 0 Å². The highest BCUT2D eigenvalue weighted by Gasteiger charge is 2.07. The van der Waals surface area contributed by atoms with Crippen LogP contribution in [0.25, 0.3) is 0 Å². The zero-order valence-corrected chi connectivity index (χ0v) is 11.8. The van der Waals surface area contributed by atoms with E-state index >= 15 is 0 Å². The summed E-state index contributed by atoms with van der Waals surface area (Å²) in [6.07, 6.45) is 4.49. The van der Waals surface area contributed by atoms with Crippen LogP contribution < -0.4 is 5.32 Å². The molecule has 0 amide bonds. The minimum absolute atomic E-state index is 0.550. The maximum absolute atomic E-state index is 5.50. The van der Waals surface area contributed by atoms with E-state index in [4.69, 9.17) is 9.47 Å². The smallest absolute Gasteiger partial charge is 0.0700 e. The number of hydrogen-bond acceptors (Lipinski definition) is 3. The summed E-state index contributed by atoms with van der Waals surface area (Å²) in [6, 6.07) is 0.550. The summed E-state index contributed by atoms with van der Waals surface area (Å²) in [6.45, 7) is 11.5. The average Bonchev–Trinajstić information content (AvgIpc) is 2.31. The van der Waals surface area contributed by atoms with Gasteiger partial charge in [-0.3, -0.25) is 0 Å². The van der Waals surface area contributed by atoms with Crippen LogP contribution >= 0.6 is 0 Å². The van der Waals surface area contributed by atoms with Crippen molar-refractivity contribution in [2.24, 2.45) is 0 Å². The second-order valence-corrected chi connectivity index (χ2v) is 4.54. The molecule has 3 nitrogen and oxygen atoms in total. The molecule has 0 saturated carbocycles. The van der Waals surface area contributed by atoms with Crippen molar-refractivity contribution in [3.05, 3.63) is 12.2 Å². The predicted octanol–water partition coefficient (Wildman–Crippen LogP) is 2.76. The fourth-order valence-electron chi connectivity index (χ4n) is 1.59. The minimum atomic E-state index is 0.550. The van der Waals surface area contributed by atoms with Crippen LogP contribution in [-0.2, 0) is 9.47 Å². The number of allylic oxidation sites excluding steroid dienone is 1. The van der Waals surface area contributed by atoms with Crippen molar-refractivity contribution < 1.29 is 9.47 Å². The largest absolute Gasteiger partial charge is 0.382 e. The zero-order valence-electron chi connectivity index (χ0n) is 11.8. The van der Waals surface area contributed by atoms with Gasteiger partial charge in [0, 0.05) is 19.8 Å². The van der Waals surface area contributed by atoms with Gasteiger partial charge >= 0.3 is 0 Å². The normalized spacial score (nSPS) is 12.6. The molecule has 0 aliphatic rings. The van der Waals surface area contributed by atoms with E-state index in [1.54, 1.807) is 7.11 Å². The first-order chi connectivity index (χ1) is 8.20. The molecular weight excluding hydrogens is 214 g/mol. The molecule has 0 saturated heterocycles. The monoisotopic (exact) mass is 243 g/mol. The van der Waals surface area contributed by atoms with Gasteiger partial charge in [-0.25, -0.2) is 0 Å². The Labute approximate surface area is 107 Å². The molecule has 0 aliphatic heterocycles. The molecule has 1 atom stereocenters. The summed E-state index contributed by atoms with van der Waals surface area (Å²) < 4.78 is 10.4. The van der Waals surface area contributed by atoms with E-state index in [-0.39, 0.29) is 0 Å². The summed E-state index contributed by atoms with van der Waals surface area (Å²) in [5, 5.41) is 3.56. The third kappa shape index (κ3) is 11.9. The van der Waals surface area contributed by atoms with Crippen molar-refractivity contribution in [1.82, 2.24) is 5.32 Å². The molecule has 1 N–H and O–H groups in total. The highest BCUT2D eigenvalue weighted by Crippen LogP contribution is 2.08. The Morgan fingerprint density at radius 2 is 2.00 bits per heavy atom. The Bertz CT molecular complexity index is 183. The molecule has 0 aromatic heterocycles. The summed E-state index contributed by atoms with van der Waals surface area (Å²) in [5.41, 5.74) is 1.26. The van der Waals surface area contributed by atoms with Gasteiger partial charge in [-0.2, -0.15) is 0 Å². The van der Waals surface area contributed by atoms with Crippen molar-refractivity contribution in [2.75, 3.05) is 33.5 Å². The number of hydrogen-bond donors (Lipinski definition) is 1. The van der Waals surface area contributed by atoms with Crippen molar-refractivity contribution in [3.63, 3.8) is 0 Å². The Kier molecular flexibility index (Phi) is 11.8. The molecule has 102 valence electrons. The minimum Gasteiger partial charge on any atom is -0.382 e. The molecule has 0 bridgehead atoms. The highest BCUT2D eigenvalue weighted by molar-refractivity contribution is 4.89. The molecule has 0 aromatic carbocycles. The van der Waals surface area contributed by atoms with Gasteiger partial charge in [0.05, 0.1) is 13.2 Å². The van der Waals surface area contributed by atoms with Crippen molar-refractivity contribution in [2.45, 2.75) is 45.6 Å². The Balaban J connectivity index is 3.64. The number of ether oxygens (including phenoxy) is 2. The van der Waals surface area contributed by atoms with Crippen molar-refractivity contribution in [1.29, 1.82) is 0 Å². The lowest BCUT2D eigenvalue weighted by Gasteiger charge is -2.18. The van der Waals surface area contributed by atoms with E-state index in [0.717, 1.165) is 32.4 Å². The molecule has 0 heterocycles. The summed E-state index contributed by atoms with van der Waals surface area (Å²) in [5.74, 6) is 0. The summed E-state index contributed by atoms with van der Waals surface area (Å²) >= 11 is 0. The van der Waals surface area contributed by atoms with Crippen LogP contribution in [0.2, 0.25) is 0 Å². The molecule has 0 aliphatic carbocycles. The van der Waals surface area contributed by atoms with Crippen LogP contribution in [0.4, 0.5) is 0 Å². The molecular formula is C14H29NO2. The van der Waals surface area contributed by atoms with Gasteiger partial charge in [0.15, 0.2) is 0 Å². The lowest BCUT2D eigenvalue weighted by molar-refractivity contribution is 0.0654. The molecule has 1 unspecified atom stereocenters. The molecule has 0 aromatic rings. The van der Waals surface area contributed by atoms with Crippen molar-refractivity contribution >= 4 is 0 Å². The van der Waals surface area contributed by atoms with Crippen LogP contribution in [0.3, 0.4) is 0 Å². The molecule has 0 spiro atoms. The lowest BCUT2D eigenvalue weighted by atomic mass is 10.1. The maximum Gasteiger partial charge on any atom is 0.0700 e. The maximum atomic E-state index is 5.50. The lowest BCUT2D eigenvalue weighted by Crippen LogP contribution is -2.31. The number of nitrogens with one attached hydrogen (secondary N) is 1. The molecule has 0 rings (SSSR count). The Hall–Kier alpha value is -0.380. The number of rotatable bonds is 12. The molecule has 3 heteroatoms. The predicted molar refractivity (Wildman–Crippen MR) is 73.4 cm³/mol. The molecule has 17 heavy (non-hydrogen) atoms. The summed E-state index contributed by atoms with van der Waals surface area (Å²) in [4.78, 5) is 0.